The highest BCUT2D eigenvalue weighted by molar-refractivity contribution is 7.92. The van der Waals surface area contributed by atoms with Crippen molar-refractivity contribution in [2.24, 2.45) is 0 Å². The highest BCUT2D eigenvalue weighted by Gasteiger charge is 2.31. The number of nitrogens with one attached hydrogen (secondary N) is 1. The second-order valence-corrected chi connectivity index (χ2v) is 13.8. The molecule has 0 aromatic heterocycles. The first kappa shape index (κ1) is 34.4. The summed E-state index contributed by atoms with van der Waals surface area (Å²) < 4.78 is 26.8. The highest BCUT2D eigenvalue weighted by atomic mass is 35.5. The molecule has 0 aliphatic heterocycles. The maximum atomic E-state index is 14.0. The van der Waals surface area contributed by atoms with Gasteiger partial charge in [-0.2, -0.15) is 0 Å². The van der Waals surface area contributed by atoms with Crippen molar-refractivity contribution in [3.05, 3.63) is 99.0 Å². The van der Waals surface area contributed by atoms with Crippen LogP contribution in [0.25, 0.3) is 0 Å². The van der Waals surface area contributed by atoms with Crippen LogP contribution < -0.4 is 9.62 Å². The molecule has 0 aliphatic carbocycles. The summed E-state index contributed by atoms with van der Waals surface area (Å²) in [5, 5.41) is 3.80. The van der Waals surface area contributed by atoms with E-state index >= 15 is 0 Å². The number of nitrogens with zero attached hydrogens (tertiary/aromatic N) is 2. The molecule has 0 saturated heterocycles. The predicted molar refractivity (Wildman–Crippen MR) is 176 cm³/mol. The van der Waals surface area contributed by atoms with Crippen molar-refractivity contribution in [1.82, 2.24) is 10.2 Å². The van der Waals surface area contributed by atoms with Gasteiger partial charge in [-0.1, -0.05) is 72.6 Å². The fraction of sp³-hybridized carbons (Fsp3) is 0.394. The Morgan fingerprint density at radius 1 is 0.907 bits per heavy atom. The first-order valence-electron chi connectivity index (χ1n) is 14.4. The van der Waals surface area contributed by atoms with E-state index in [1.807, 2.05) is 76.2 Å². The van der Waals surface area contributed by atoms with Gasteiger partial charge in [-0.05, 0) is 80.1 Å². The summed E-state index contributed by atoms with van der Waals surface area (Å²) in [6.07, 6.45) is 2.53. The zero-order valence-electron chi connectivity index (χ0n) is 25.4. The molecule has 3 rings (SSSR count). The molecule has 2 atom stereocenters. The number of carbonyl (C=O) groups excluding carboxylic acids is 2. The maximum Gasteiger partial charge on any atom is 0.243 e. The van der Waals surface area contributed by atoms with Crippen LogP contribution in [0.2, 0.25) is 10.0 Å². The van der Waals surface area contributed by atoms with Gasteiger partial charge in [0.25, 0.3) is 0 Å². The quantitative estimate of drug-likeness (QED) is 0.211. The summed E-state index contributed by atoms with van der Waals surface area (Å²) in [7, 11) is -3.60. The molecule has 7 nitrogen and oxygen atoms in total. The fourth-order valence-electron chi connectivity index (χ4n) is 4.93. The molecule has 3 aromatic rings. The van der Waals surface area contributed by atoms with E-state index in [2.05, 4.69) is 5.32 Å². The molecule has 0 bridgehead atoms. The third-order valence-electron chi connectivity index (χ3n) is 7.26. The van der Waals surface area contributed by atoms with E-state index in [0.29, 0.717) is 22.2 Å². The number of aryl methyl sites for hydroxylation is 2. The van der Waals surface area contributed by atoms with E-state index in [9.17, 15) is 18.0 Å². The molecule has 0 heterocycles. The van der Waals surface area contributed by atoms with Crippen molar-refractivity contribution in [2.45, 2.75) is 72.0 Å². The second-order valence-electron chi connectivity index (χ2n) is 11.1. The van der Waals surface area contributed by atoms with Crippen LogP contribution in [0.3, 0.4) is 0 Å². The van der Waals surface area contributed by atoms with Gasteiger partial charge in [-0.25, -0.2) is 8.42 Å². The third kappa shape index (κ3) is 10.3. The molecule has 0 spiro atoms. The normalized spacial score (nSPS) is 12.8. The van der Waals surface area contributed by atoms with Gasteiger partial charge < -0.3 is 10.2 Å². The number of anilines is 1. The van der Waals surface area contributed by atoms with Gasteiger partial charge in [-0.3, -0.25) is 13.9 Å². The number of carbonyl (C=O) groups is 2. The molecule has 2 amide bonds. The third-order valence-corrected chi connectivity index (χ3v) is 9.19. The van der Waals surface area contributed by atoms with Crippen molar-refractivity contribution < 1.29 is 18.0 Å². The van der Waals surface area contributed by atoms with E-state index < -0.39 is 16.1 Å². The van der Waals surface area contributed by atoms with Gasteiger partial charge in [0.2, 0.25) is 21.8 Å². The Hall–Kier alpha value is -3.07. The lowest BCUT2D eigenvalue weighted by Gasteiger charge is -2.33. The van der Waals surface area contributed by atoms with Crippen molar-refractivity contribution in [3.8, 4) is 0 Å². The van der Waals surface area contributed by atoms with Crippen LogP contribution in [0.1, 0.15) is 55.4 Å². The Labute approximate surface area is 266 Å². The molecule has 0 fully saturated rings. The first-order chi connectivity index (χ1) is 20.3. The van der Waals surface area contributed by atoms with Crippen molar-refractivity contribution in [2.75, 3.05) is 17.1 Å². The fourth-order valence-corrected chi connectivity index (χ4v) is 6.20. The first-order valence-corrected chi connectivity index (χ1v) is 17.0. The summed E-state index contributed by atoms with van der Waals surface area (Å²) >= 11 is 12.4. The molecular weight excluding hydrogens is 605 g/mol. The number of sulfonamides is 1. The molecule has 0 saturated carbocycles. The van der Waals surface area contributed by atoms with Gasteiger partial charge >= 0.3 is 0 Å². The molecule has 232 valence electrons. The van der Waals surface area contributed by atoms with Gasteiger partial charge in [0.15, 0.2) is 0 Å². The standard InChI is InChI=1S/C33H41Cl2N3O4S/c1-6-25(4)36-33(40)31(21-26-11-8-7-9-12-26)37(22-27-14-15-29(34)30(35)20-27)32(39)13-10-16-38(43(5,41)42)28-18-23(2)17-24(3)19-28/h7-9,11-12,14-15,17-20,25,31H,6,10,13,16,21-22H2,1-5H3,(H,36,40). The number of hydrogen-bond donors (Lipinski definition) is 1. The van der Waals surface area contributed by atoms with E-state index in [0.717, 1.165) is 34.9 Å². The van der Waals surface area contributed by atoms with Crippen LogP contribution >= 0.6 is 23.2 Å². The van der Waals surface area contributed by atoms with Crippen LogP contribution in [-0.2, 0) is 32.6 Å². The predicted octanol–water partition coefficient (Wildman–Crippen LogP) is 6.71. The number of rotatable bonds is 14. The van der Waals surface area contributed by atoms with E-state index in [-0.39, 0.29) is 43.8 Å². The van der Waals surface area contributed by atoms with E-state index in [1.165, 1.54) is 4.31 Å². The molecule has 3 aromatic carbocycles. The Kier molecular flexibility index (Phi) is 12.5. The topological polar surface area (TPSA) is 86.8 Å². The minimum Gasteiger partial charge on any atom is -0.352 e. The number of halogens is 2. The van der Waals surface area contributed by atoms with E-state index in [1.54, 1.807) is 23.1 Å². The highest BCUT2D eigenvalue weighted by Crippen LogP contribution is 2.26. The molecule has 0 aliphatic rings. The van der Waals surface area contributed by atoms with Crippen LogP contribution in [0, 0.1) is 13.8 Å². The molecular formula is C33H41Cl2N3O4S. The number of benzene rings is 3. The number of amides is 2. The summed E-state index contributed by atoms with van der Waals surface area (Å²) in [6, 6.07) is 19.5. The van der Waals surface area contributed by atoms with Crippen LogP contribution in [0.4, 0.5) is 5.69 Å². The molecule has 10 heteroatoms. The molecule has 2 unspecified atom stereocenters. The van der Waals surface area contributed by atoms with Crippen LogP contribution in [-0.4, -0.2) is 50.0 Å². The Morgan fingerprint density at radius 3 is 2.14 bits per heavy atom. The van der Waals surface area contributed by atoms with E-state index in [4.69, 9.17) is 23.2 Å². The average molecular weight is 647 g/mol. The molecule has 43 heavy (non-hydrogen) atoms. The minimum absolute atomic E-state index is 0.0417. The van der Waals surface area contributed by atoms with Gasteiger partial charge in [0.05, 0.1) is 22.0 Å². The SMILES string of the molecule is CCC(C)NC(=O)C(Cc1ccccc1)N(Cc1ccc(Cl)c(Cl)c1)C(=O)CCCN(c1cc(C)cc(C)c1)S(C)(=O)=O. The van der Waals surface area contributed by atoms with Crippen LogP contribution in [0.15, 0.2) is 66.7 Å². The summed E-state index contributed by atoms with van der Waals surface area (Å²) in [6.45, 7) is 8.00. The largest absolute Gasteiger partial charge is 0.352 e. The molecule has 1 N–H and O–H groups in total. The minimum atomic E-state index is -3.60. The lowest BCUT2D eigenvalue weighted by molar-refractivity contribution is -0.141. The molecule has 0 radical (unpaired) electrons. The van der Waals surface area contributed by atoms with Crippen molar-refractivity contribution >= 4 is 50.7 Å². The zero-order valence-corrected chi connectivity index (χ0v) is 27.8. The number of hydrogen-bond acceptors (Lipinski definition) is 4. The lowest BCUT2D eigenvalue weighted by Crippen LogP contribution is -2.52. The maximum absolute atomic E-state index is 14.0. The second kappa shape index (κ2) is 15.6. The van der Waals surface area contributed by atoms with Gasteiger partial charge in [0.1, 0.15) is 6.04 Å². The summed E-state index contributed by atoms with van der Waals surface area (Å²) in [5.74, 6) is -0.514. The van der Waals surface area contributed by atoms with Gasteiger partial charge in [-0.15, -0.1) is 0 Å². The van der Waals surface area contributed by atoms with Crippen molar-refractivity contribution in [1.29, 1.82) is 0 Å². The van der Waals surface area contributed by atoms with Crippen LogP contribution in [0.5, 0.6) is 0 Å². The monoisotopic (exact) mass is 645 g/mol. The summed E-state index contributed by atoms with van der Waals surface area (Å²) in [5.41, 5.74) is 4.10. The smallest absolute Gasteiger partial charge is 0.243 e. The Balaban J connectivity index is 1.93. The summed E-state index contributed by atoms with van der Waals surface area (Å²) in [4.78, 5) is 29.3. The Bertz CT molecular complexity index is 1500. The van der Waals surface area contributed by atoms with Crippen molar-refractivity contribution in [3.63, 3.8) is 0 Å². The zero-order chi connectivity index (χ0) is 31.7. The average Bonchev–Trinajstić information content (AvgIpc) is 2.93. The van der Waals surface area contributed by atoms with Gasteiger partial charge in [0, 0.05) is 32.0 Å². The Morgan fingerprint density at radius 2 is 1.56 bits per heavy atom. The lowest BCUT2D eigenvalue weighted by atomic mass is 10.0.